The lowest BCUT2D eigenvalue weighted by molar-refractivity contribution is -0.122. The number of primary amides is 1. The number of amides is 1. The highest BCUT2D eigenvalue weighted by atomic mass is 16.5. The number of aryl methyl sites for hydroxylation is 1. The largest absolute Gasteiger partial charge is 0.378 e. The van der Waals surface area contributed by atoms with E-state index in [2.05, 4.69) is 35.0 Å². The Labute approximate surface area is 148 Å². The quantitative estimate of drug-likeness (QED) is 0.930. The van der Waals surface area contributed by atoms with Gasteiger partial charge in [-0.05, 0) is 49.1 Å². The second-order valence-electron chi connectivity index (χ2n) is 6.99. The van der Waals surface area contributed by atoms with Crippen molar-refractivity contribution < 1.29 is 9.53 Å². The molecule has 2 N–H and O–H groups in total. The fourth-order valence-corrected chi connectivity index (χ4v) is 3.14. The first-order valence-electron chi connectivity index (χ1n) is 8.60. The smallest absolute Gasteiger partial charge is 0.227 e. The lowest BCUT2D eigenvalue weighted by atomic mass is 9.80. The maximum atomic E-state index is 12.0. The zero-order chi connectivity index (χ0) is 18.0. The summed E-state index contributed by atoms with van der Waals surface area (Å²) in [6, 6.07) is 10.3. The normalized spacial score (nSPS) is 15.2. The van der Waals surface area contributed by atoms with Crippen LogP contribution in [0.25, 0.3) is 11.1 Å². The minimum absolute atomic E-state index is 0.358. The summed E-state index contributed by atoms with van der Waals surface area (Å²) in [5.41, 5.74) is 9.00. The van der Waals surface area contributed by atoms with Gasteiger partial charge in [0.05, 0.1) is 18.6 Å². The molecule has 0 spiro atoms. The number of rotatable bonds is 4. The molecule has 132 valence electrons. The van der Waals surface area contributed by atoms with E-state index in [-0.39, 0.29) is 5.91 Å². The van der Waals surface area contributed by atoms with Gasteiger partial charge in [0.2, 0.25) is 5.91 Å². The lowest BCUT2D eigenvalue weighted by Crippen LogP contribution is -2.38. The summed E-state index contributed by atoms with van der Waals surface area (Å²) in [7, 11) is 0. The van der Waals surface area contributed by atoms with Crippen molar-refractivity contribution in [2.45, 2.75) is 26.2 Å². The van der Waals surface area contributed by atoms with Crippen LogP contribution >= 0.6 is 0 Å². The van der Waals surface area contributed by atoms with Gasteiger partial charge in [0.15, 0.2) is 0 Å². The number of nitrogens with two attached hydrogens (primary N) is 1. The molecule has 1 amide bonds. The summed E-state index contributed by atoms with van der Waals surface area (Å²) >= 11 is 0. The zero-order valence-corrected chi connectivity index (χ0v) is 15.1. The molecule has 0 saturated carbocycles. The Morgan fingerprint density at radius 3 is 2.52 bits per heavy atom. The minimum Gasteiger partial charge on any atom is -0.378 e. The van der Waals surface area contributed by atoms with Crippen LogP contribution in [0.3, 0.4) is 0 Å². The summed E-state index contributed by atoms with van der Waals surface area (Å²) < 4.78 is 5.43. The Balaban J connectivity index is 2.16. The van der Waals surface area contributed by atoms with Crippen molar-refractivity contribution in [3.8, 4) is 11.1 Å². The molecule has 2 aromatic rings. The van der Waals surface area contributed by atoms with Crippen LogP contribution in [-0.4, -0.2) is 37.2 Å². The number of ether oxygens (including phenoxy) is 1. The van der Waals surface area contributed by atoms with E-state index in [0.29, 0.717) is 13.2 Å². The van der Waals surface area contributed by atoms with E-state index in [4.69, 9.17) is 10.5 Å². The van der Waals surface area contributed by atoms with E-state index in [1.165, 1.54) is 0 Å². The second-order valence-corrected chi connectivity index (χ2v) is 6.99. The van der Waals surface area contributed by atoms with Crippen LogP contribution in [-0.2, 0) is 14.9 Å². The van der Waals surface area contributed by atoms with E-state index in [1.807, 2.05) is 26.0 Å². The van der Waals surface area contributed by atoms with Crippen molar-refractivity contribution in [2.75, 3.05) is 31.2 Å². The monoisotopic (exact) mass is 339 g/mol. The highest BCUT2D eigenvalue weighted by Crippen LogP contribution is 2.36. The third kappa shape index (κ3) is 3.37. The summed E-state index contributed by atoms with van der Waals surface area (Å²) in [5, 5.41) is 0. The summed E-state index contributed by atoms with van der Waals surface area (Å²) in [5.74, 6) is 0.550. The van der Waals surface area contributed by atoms with Crippen LogP contribution in [0.5, 0.6) is 0 Å². The molecule has 1 aliphatic heterocycles. The van der Waals surface area contributed by atoms with Gasteiger partial charge in [-0.25, -0.2) is 4.98 Å². The van der Waals surface area contributed by atoms with Crippen molar-refractivity contribution in [3.63, 3.8) is 0 Å². The van der Waals surface area contributed by atoms with Gasteiger partial charge in [0.1, 0.15) is 5.82 Å². The van der Waals surface area contributed by atoms with E-state index < -0.39 is 5.41 Å². The number of hydrogen-bond acceptors (Lipinski definition) is 4. The van der Waals surface area contributed by atoms with Crippen LogP contribution in [0.2, 0.25) is 0 Å². The van der Waals surface area contributed by atoms with Crippen LogP contribution in [0.1, 0.15) is 25.0 Å². The number of nitrogens with zero attached hydrogens (tertiary/aromatic N) is 2. The van der Waals surface area contributed by atoms with Crippen molar-refractivity contribution in [3.05, 3.63) is 47.7 Å². The Morgan fingerprint density at radius 2 is 1.88 bits per heavy atom. The van der Waals surface area contributed by atoms with Gasteiger partial charge in [-0.3, -0.25) is 4.79 Å². The molecule has 25 heavy (non-hydrogen) atoms. The van der Waals surface area contributed by atoms with Gasteiger partial charge in [0.25, 0.3) is 0 Å². The average molecular weight is 339 g/mol. The molecule has 0 unspecified atom stereocenters. The number of aromatic nitrogens is 1. The second kappa shape index (κ2) is 6.84. The molecule has 5 nitrogen and oxygen atoms in total. The molecule has 1 fully saturated rings. The third-order valence-corrected chi connectivity index (χ3v) is 4.95. The maximum absolute atomic E-state index is 12.0. The number of morpholine rings is 1. The average Bonchev–Trinajstić information content (AvgIpc) is 2.62. The Morgan fingerprint density at radius 1 is 1.20 bits per heavy atom. The first kappa shape index (κ1) is 17.4. The SMILES string of the molecule is Cc1ccccc1-c1cc(N2CCOCC2)ncc1C(C)(C)C(N)=O. The molecule has 0 aliphatic carbocycles. The van der Waals surface area contributed by atoms with Crippen molar-refractivity contribution >= 4 is 11.7 Å². The molecule has 5 heteroatoms. The summed E-state index contributed by atoms with van der Waals surface area (Å²) in [6.45, 7) is 8.82. The number of hydrogen-bond donors (Lipinski definition) is 1. The maximum Gasteiger partial charge on any atom is 0.227 e. The summed E-state index contributed by atoms with van der Waals surface area (Å²) in [6.07, 6.45) is 1.80. The molecule has 1 aliphatic rings. The van der Waals surface area contributed by atoms with Crippen molar-refractivity contribution in [1.82, 2.24) is 4.98 Å². The fraction of sp³-hybridized carbons (Fsp3) is 0.400. The number of pyridine rings is 1. The minimum atomic E-state index is -0.797. The fourth-order valence-electron chi connectivity index (χ4n) is 3.14. The van der Waals surface area contributed by atoms with Gasteiger partial charge in [-0.1, -0.05) is 24.3 Å². The van der Waals surface area contributed by atoms with Crippen molar-refractivity contribution in [1.29, 1.82) is 0 Å². The molecule has 0 atom stereocenters. The number of anilines is 1. The molecule has 1 saturated heterocycles. The van der Waals surface area contributed by atoms with Gasteiger partial charge >= 0.3 is 0 Å². The van der Waals surface area contributed by atoms with E-state index in [1.54, 1.807) is 6.20 Å². The first-order valence-corrected chi connectivity index (χ1v) is 8.60. The van der Waals surface area contributed by atoms with Gasteiger partial charge in [-0.2, -0.15) is 0 Å². The van der Waals surface area contributed by atoms with Gasteiger partial charge in [-0.15, -0.1) is 0 Å². The molecule has 1 aromatic carbocycles. The third-order valence-electron chi connectivity index (χ3n) is 4.95. The van der Waals surface area contributed by atoms with Crippen molar-refractivity contribution in [2.24, 2.45) is 5.73 Å². The van der Waals surface area contributed by atoms with E-state index >= 15 is 0 Å². The Kier molecular flexibility index (Phi) is 4.77. The standard InChI is InChI=1S/C20H25N3O2/c1-14-6-4-5-7-15(14)16-12-18(23-8-10-25-11-9-23)22-13-17(16)20(2,3)19(21)24/h4-7,12-13H,8-11H2,1-3H3,(H2,21,24). The van der Waals surface area contributed by atoms with Gasteiger partial charge < -0.3 is 15.4 Å². The van der Waals surface area contributed by atoms with Crippen LogP contribution in [0.4, 0.5) is 5.82 Å². The molecule has 3 rings (SSSR count). The Hall–Kier alpha value is -2.40. The Bertz CT molecular complexity index is 780. The van der Waals surface area contributed by atoms with E-state index in [0.717, 1.165) is 41.2 Å². The number of benzene rings is 1. The number of carbonyl (C=O) groups is 1. The molecular weight excluding hydrogens is 314 g/mol. The molecular formula is C20H25N3O2. The molecule has 0 radical (unpaired) electrons. The van der Waals surface area contributed by atoms with E-state index in [9.17, 15) is 4.79 Å². The molecule has 1 aromatic heterocycles. The highest BCUT2D eigenvalue weighted by Gasteiger charge is 2.31. The summed E-state index contributed by atoms with van der Waals surface area (Å²) in [4.78, 5) is 18.9. The lowest BCUT2D eigenvalue weighted by Gasteiger charge is -2.30. The molecule has 0 bridgehead atoms. The zero-order valence-electron chi connectivity index (χ0n) is 15.1. The predicted molar refractivity (Wildman–Crippen MR) is 99.7 cm³/mol. The van der Waals surface area contributed by atoms with Gasteiger partial charge in [0, 0.05) is 19.3 Å². The first-order chi connectivity index (χ1) is 11.9. The van der Waals surface area contributed by atoms with Crippen LogP contribution < -0.4 is 10.6 Å². The topological polar surface area (TPSA) is 68.4 Å². The van der Waals surface area contributed by atoms with Crippen LogP contribution in [0, 0.1) is 6.92 Å². The van der Waals surface area contributed by atoms with Crippen LogP contribution in [0.15, 0.2) is 36.5 Å². The number of carbonyl (C=O) groups excluding carboxylic acids is 1. The predicted octanol–water partition coefficient (Wildman–Crippen LogP) is 2.66. The highest BCUT2D eigenvalue weighted by molar-refractivity contribution is 5.89. The molecule has 2 heterocycles.